The fourth-order valence-corrected chi connectivity index (χ4v) is 3.54. The van der Waals surface area contributed by atoms with E-state index < -0.39 is 0 Å². The average molecular weight is 514 g/mol. The molecule has 0 bridgehead atoms. The molecule has 0 aliphatic heterocycles. The van der Waals surface area contributed by atoms with Gasteiger partial charge in [0.05, 0.1) is 18.1 Å². The van der Waals surface area contributed by atoms with Crippen LogP contribution in [0, 0.1) is 0 Å². The lowest BCUT2D eigenvalue weighted by Gasteiger charge is -2.12. The normalized spacial score (nSPS) is 11.3. The molecule has 10 heteroatoms. The summed E-state index contributed by atoms with van der Waals surface area (Å²) in [5.41, 5.74) is 0.817. The summed E-state index contributed by atoms with van der Waals surface area (Å²) in [7, 11) is 1.87. The van der Waals surface area contributed by atoms with Gasteiger partial charge in [0.25, 0.3) is 0 Å². The molecule has 0 fully saturated rings. The number of thiophene rings is 1. The molecule has 0 radical (unpaired) electrons. The van der Waals surface area contributed by atoms with Crippen LogP contribution in [0.3, 0.4) is 0 Å². The average Bonchev–Trinajstić information content (AvgIpc) is 3.30. The zero-order valence-electron chi connectivity index (χ0n) is 16.4. The van der Waals surface area contributed by atoms with Crippen molar-refractivity contribution in [3.05, 3.63) is 34.4 Å². The Morgan fingerprint density at radius 3 is 2.71 bits per heavy atom. The molecule has 0 saturated heterocycles. The molecular formula is C18H27IN8S. The fourth-order valence-electron chi connectivity index (χ4n) is 2.66. The molecule has 3 heterocycles. The minimum atomic E-state index is 0. The summed E-state index contributed by atoms with van der Waals surface area (Å²) in [6.07, 6.45) is 4.41. The first-order valence-corrected chi connectivity index (χ1v) is 9.99. The summed E-state index contributed by atoms with van der Waals surface area (Å²) >= 11 is 1.82. The van der Waals surface area contributed by atoms with Crippen LogP contribution >= 0.6 is 35.3 Å². The molecule has 28 heavy (non-hydrogen) atoms. The van der Waals surface area contributed by atoms with Crippen LogP contribution in [0.1, 0.15) is 23.6 Å². The van der Waals surface area contributed by atoms with Crippen LogP contribution in [0.5, 0.6) is 0 Å². The third-order valence-electron chi connectivity index (χ3n) is 4.04. The molecule has 0 aliphatic carbocycles. The van der Waals surface area contributed by atoms with Gasteiger partial charge in [-0.05, 0) is 25.5 Å². The van der Waals surface area contributed by atoms with Crippen molar-refractivity contribution >= 4 is 58.1 Å². The third-order valence-corrected chi connectivity index (χ3v) is 5.26. The number of nitrogens with zero attached hydrogens (tertiary/aromatic N) is 5. The molecule has 152 valence electrons. The molecule has 8 nitrogen and oxygen atoms in total. The van der Waals surface area contributed by atoms with E-state index in [1.807, 2.05) is 18.4 Å². The lowest BCUT2D eigenvalue weighted by molar-refractivity contribution is 0.785. The van der Waals surface area contributed by atoms with Gasteiger partial charge in [-0.1, -0.05) is 6.92 Å². The van der Waals surface area contributed by atoms with Crippen molar-refractivity contribution in [3.8, 4) is 0 Å². The highest BCUT2D eigenvalue weighted by atomic mass is 127. The molecule has 0 aliphatic rings. The quantitative estimate of drug-likeness (QED) is 0.185. The minimum Gasteiger partial charge on any atom is -0.368 e. The number of hydrogen-bond acceptors (Lipinski definition) is 6. The maximum Gasteiger partial charge on any atom is 0.191 e. The summed E-state index contributed by atoms with van der Waals surface area (Å²) in [5.74, 6) is 1.61. The molecule has 0 atom stereocenters. The topological polar surface area (TPSA) is 92.1 Å². The monoisotopic (exact) mass is 514 g/mol. The van der Waals surface area contributed by atoms with E-state index >= 15 is 0 Å². The summed E-state index contributed by atoms with van der Waals surface area (Å²) in [4.78, 5) is 15.9. The number of aryl methyl sites for hydroxylation is 2. The Labute approximate surface area is 186 Å². The number of rotatable bonds is 8. The Morgan fingerprint density at radius 1 is 1.14 bits per heavy atom. The zero-order valence-corrected chi connectivity index (χ0v) is 19.5. The maximum absolute atomic E-state index is 4.67. The predicted octanol–water partition coefficient (Wildman–Crippen LogP) is 2.77. The number of hydrogen-bond donors (Lipinski definition) is 3. The number of fused-ring (bicyclic) bond motifs is 1. The van der Waals surface area contributed by atoms with E-state index in [1.165, 1.54) is 9.75 Å². The van der Waals surface area contributed by atoms with E-state index in [9.17, 15) is 0 Å². The van der Waals surface area contributed by atoms with Crippen molar-refractivity contribution < 1.29 is 0 Å². The van der Waals surface area contributed by atoms with Gasteiger partial charge in [-0.15, -0.1) is 35.3 Å². The van der Waals surface area contributed by atoms with Crippen molar-refractivity contribution in [2.24, 2.45) is 12.0 Å². The van der Waals surface area contributed by atoms with Crippen LogP contribution in [-0.4, -0.2) is 45.3 Å². The van der Waals surface area contributed by atoms with Crippen LogP contribution in [0.15, 0.2) is 29.6 Å². The largest absolute Gasteiger partial charge is 0.368 e. The number of aromatic nitrogens is 4. The maximum atomic E-state index is 4.67. The van der Waals surface area contributed by atoms with E-state index in [-0.39, 0.29) is 24.0 Å². The van der Waals surface area contributed by atoms with Crippen molar-refractivity contribution in [2.75, 3.05) is 25.0 Å². The zero-order chi connectivity index (χ0) is 19.1. The standard InChI is InChI=1S/C18H26N8S.HI/c1-4-13-6-7-14(27-13)10-22-18(19-5-2)21-9-8-20-16-15-11-25-26(3)17(15)24-12-23-16;/h6-7,11-12H,4-5,8-10H2,1-3H3,(H2,19,21,22)(H,20,23,24);1H. The smallest absolute Gasteiger partial charge is 0.191 e. The number of nitrogens with one attached hydrogen (secondary N) is 3. The van der Waals surface area contributed by atoms with E-state index in [2.05, 4.69) is 62.0 Å². The fraction of sp³-hybridized carbons (Fsp3) is 0.444. The molecule has 0 saturated carbocycles. The number of guanidine groups is 1. The third kappa shape index (κ3) is 5.77. The van der Waals surface area contributed by atoms with E-state index in [4.69, 9.17) is 0 Å². The summed E-state index contributed by atoms with van der Waals surface area (Å²) in [6, 6.07) is 4.34. The molecule has 3 aromatic rings. The molecule has 0 amide bonds. The molecule has 3 aromatic heterocycles. The SMILES string of the molecule is CCNC(=NCc1ccc(CC)s1)NCCNc1ncnc2c1cnn2C.I. The van der Waals surface area contributed by atoms with Gasteiger partial charge in [0, 0.05) is 36.4 Å². The van der Waals surface area contributed by atoms with Gasteiger partial charge in [-0.25, -0.2) is 15.0 Å². The predicted molar refractivity (Wildman–Crippen MR) is 127 cm³/mol. The van der Waals surface area contributed by atoms with Crippen LogP contribution in [-0.2, 0) is 20.0 Å². The van der Waals surface area contributed by atoms with Gasteiger partial charge in [0.2, 0.25) is 0 Å². The molecule has 0 unspecified atom stereocenters. The number of halogens is 1. The van der Waals surface area contributed by atoms with Gasteiger partial charge < -0.3 is 16.0 Å². The van der Waals surface area contributed by atoms with Crippen LogP contribution in [0.25, 0.3) is 11.0 Å². The highest BCUT2D eigenvalue weighted by Crippen LogP contribution is 2.18. The van der Waals surface area contributed by atoms with E-state index in [0.717, 1.165) is 42.3 Å². The number of aliphatic imine (C=N–C) groups is 1. The van der Waals surface area contributed by atoms with Gasteiger partial charge in [0.15, 0.2) is 11.6 Å². The molecule has 0 spiro atoms. The van der Waals surface area contributed by atoms with Crippen molar-refractivity contribution in [1.82, 2.24) is 30.4 Å². The van der Waals surface area contributed by atoms with Gasteiger partial charge in [-0.2, -0.15) is 5.10 Å². The molecule has 0 aromatic carbocycles. The Morgan fingerprint density at radius 2 is 1.96 bits per heavy atom. The second-order valence-electron chi connectivity index (χ2n) is 6.00. The van der Waals surface area contributed by atoms with Crippen molar-refractivity contribution in [3.63, 3.8) is 0 Å². The summed E-state index contributed by atoms with van der Waals surface area (Å²) in [6.45, 7) is 7.19. The summed E-state index contributed by atoms with van der Waals surface area (Å²) < 4.78 is 1.74. The van der Waals surface area contributed by atoms with Gasteiger partial charge >= 0.3 is 0 Å². The van der Waals surface area contributed by atoms with E-state index in [0.29, 0.717) is 13.1 Å². The highest BCUT2D eigenvalue weighted by molar-refractivity contribution is 14.0. The highest BCUT2D eigenvalue weighted by Gasteiger charge is 2.07. The van der Waals surface area contributed by atoms with Crippen molar-refractivity contribution in [2.45, 2.75) is 26.8 Å². The lowest BCUT2D eigenvalue weighted by Crippen LogP contribution is -2.39. The Bertz CT molecular complexity index is 904. The second kappa shape index (κ2) is 11.1. The van der Waals surface area contributed by atoms with Crippen LogP contribution < -0.4 is 16.0 Å². The van der Waals surface area contributed by atoms with E-state index in [1.54, 1.807) is 17.2 Å². The Hall–Kier alpha value is -1.95. The second-order valence-corrected chi connectivity index (χ2v) is 7.25. The van der Waals surface area contributed by atoms with Crippen molar-refractivity contribution in [1.29, 1.82) is 0 Å². The first kappa shape index (κ1) is 22.3. The Kier molecular flexibility index (Phi) is 8.90. The van der Waals surface area contributed by atoms with Crippen LogP contribution in [0.2, 0.25) is 0 Å². The summed E-state index contributed by atoms with van der Waals surface area (Å²) in [5, 5.41) is 15.1. The van der Waals surface area contributed by atoms with Gasteiger partial charge in [-0.3, -0.25) is 4.68 Å². The van der Waals surface area contributed by atoms with Crippen LogP contribution in [0.4, 0.5) is 5.82 Å². The first-order chi connectivity index (χ1) is 13.2. The van der Waals surface area contributed by atoms with Gasteiger partial charge in [0.1, 0.15) is 12.1 Å². The minimum absolute atomic E-state index is 0. The first-order valence-electron chi connectivity index (χ1n) is 9.17. The molecule has 3 rings (SSSR count). The molecular weight excluding hydrogens is 487 g/mol. The number of anilines is 1. The lowest BCUT2D eigenvalue weighted by atomic mass is 10.4. The Balaban J connectivity index is 0.00000280. The molecule has 3 N–H and O–H groups in total.